The van der Waals surface area contributed by atoms with Gasteiger partial charge in [0.05, 0.1) is 11.8 Å². The van der Waals surface area contributed by atoms with Crippen LogP contribution in [0.5, 0.6) is 0 Å². The largest absolute Gasteiger partial charge is 0.469 e. The number of carbonyl (C=O) groups is 1. The lowest BCUT2D eigenvalue weighted by Gasteiger charge is -2.11. The second-order valence-corrected chi connectivity index (χ2v) is 5.05. The third-order valence-electron chi connectivity index (χ3n) is 3.87. The molecule has 0 aromatic carbocycles. The van der Waals surface area contributed by atoms with Crippen molar-refractivity contribution in [2.24, 2.45) is 22.9 Å². The Hall–Kier alpha value is -1.84. The molecule has 3 atom stereocenters. The van der Waals surface area contributed by atoms with Crippen molar-refractivity contribution >= 4 is 12.1 Å². The number of aryl methyl sites for hydroxylation is 1. The van der Waals surface area contributed by atoms with E-state index in [1.165, 1.54) is 12.7 Å². The Balaban J connectivity index is 1.57. The van der Waals surface area contributed by atoms with Crippen LogP contribution in [0.4, 0.5) is 0 Å². The summed E-state index contributed by atoms with van der Waals surface area (Å²) in [5, 5.41) is 4.07. The molecule has 3 unspecified atom stereocenters. The Morgan fingerprint density at radius 1 is 1.50 bits per heavy atom. The third-order valence-corrected chi connectivity index (χ3v) is 3.87. The van der Waals surface area contributed by atoms with Crippen LogP contribution in [0, 0.1) is 24.7 Å². The van der Waals surface area contributed by atoms with Crippen LogP contribution in [0.2, 0.25) is 0 Å². The molecular formula is C14H16N2O2. The van der Waals surface area contributed by atoms with Gasteiger partial charge < -0.3 is 4.42 Å². The zero-order chi connectivity index (χ0) is 12.5. The number of nitrogens with zero attached hydrogens (tertiary/aromatic N) is 1. The van der Waals surface area contributed by atoms with Crippen LogP contribution in [0.25, 0.3) is 0 Å². The van der Waals surface area contributed by atoms with Crippen LogP contribution in [0.1, 0.15) is 29.0 Å². The summed E-state index contributed by atoms with van der Waals surface area (Å²) in [5.74, 6) is 2.22. The monoisotopic (exact) mass is 244 g/mol. The van der Waals surface area contributed by atoms with Gasteiger partial charge in [-0.3, -0.25) is 4.79 Å². The molecule has 1 amide bonds. The summed E-state index contributed by atoms with van der Waals surface area (Å²) >= 11 is 0. The Morgan fingerprint density at radius 2 is 2.39 bits per heavy atom. The molecule has 2 aliphatic rings. The van der Waals surface area contributed by atoms with Gasteiger partial charge in [-0.1, -0.05) is 12.2 Å². The second-order valence-electron chi connectivity index (χ2n) is 5.05. The van der Waals surface area contributed by atoms with E-state index >= 15 is 0 Å². The molecule has 94 valence electrons. The van der Waals surface area contributed by atoms with Crippen molar-refractivity contribution in [2.45, 2.75) is 19.8 Å². The van der Waals surface area contributed by atoms with Gasteiger partial charge in [-0.05, 0) is 37.7 Å². The van der Waals surface area contributed by atoms with E-state index in [9.17, 15) is 4.79 Å². The van der Waals surface area contributed by atoms with Gasteiger partial charge in [-0.15, -0.1) is 0 Å². The number of hydrazone groups is 1. The molecule has 1 fully saturated rings. The number of allylic oxidation sites excluding steroid dienone is 2. The fourth-order valence-corrected chi connectivity index (χ4v) is 2.87. The SMILES string of the molecule is Cc1occc1C(=O)N/N=C/C1CC2C=CC1C2. The van der Waals surface area contributed by atoms with E-state index in [0.29, 0.717) is 23.2 Å². The summed E-state index contributed by atoms with van der Waals surface area (Å²) in [5.41, 5.74) is 3.10. The minimum atomic E-state index is -0.212. The van der Waals surface area contributed by atoms with Crippen LogP contribution in [0.3, 0.4) is 0 Å². The molecule has 18 heavy (non-hydrogen) atoms. The van der Waals surface area contributed by atoms with Gasteiger partial charge in [-0.2, -0.15) is 5.10 Å². The maximum Gasteiger partial charge on any atom is 0.274 e. The zero-order valence-corrected chi connectivity index (χ0v) is 10.3. The van der Waals surface area contributed by atoms with E-state index in [1.54, 1.807) is 13.0 Å². The molecule has 0 saturated heterocycles. The highest BCUT2D eigenvalue weighted by Crippen LogP contribution is 2.42. The number of nitrogens with one attached hydrogen (secondary N) is 1. The smallest absolute Gasteiger partial charge is 0.274 e. The summed E-state index contributed by atoms with van der Waals surface area (Å²) < 4.78 is 5.08. The summed E-state index contributed by atoms with van der Waals surface area (Å²) in [7, 11) is 0. The Bertz CT molecular complexity index is 516. The molecule has 1 aromatic heterocycles. The average molecular weight is 244 g/mol. The molecule has 2 bridgehead atoms. The molecule has 3 rings (SSSR count). The number of fused-ring (bicyclic) bond motifs is 2. The number of hydrogen-bond donors (Lipinski definition) is 1. The van der Waals surface area contributed by atoms with Crippen LogP contribution in [0.15, 0.2) is 34.0 Å². The average Bonchev–Trinajstić information content (AvgIpc) is 3.04. The normalized spacial score (nSPS) is 29.3. The number of hydrogen-bond acceptors (Lipinski definition) is 3. The fraction of sp³-hybridized carbons (Fsp3) is 0.429. The van der Waals surface area contributed by atoms with Gasteiger partial charge in [0.1, 0.15) is 5.76 Å². The lowest BCUT2D eigenvalue weighted by molar-refractivity contribution is 0.0953. The van der Waals surface area contributed by atoms with E-state index in [4.69, 9.17) is 4.42 Å². The van der Waals surface area contributed by atoms with E-state index in [0.717, 1.165) is 12.3 Å². The van der Waals surface area contributed by atoms with Gasteiger partial charge in [-0.25, -0.2) is 5.43 Å². The molecule has 0 spiro atoms. The van der Waals surface area contributed by atoms with Crippen molar-refractivity contribution in [1.82, 2.24) is 5.43 Å². The first-order valence-electron chi connectivity index (χ1n) is 6.30. The van der Waals surface area contributed by atoms with E-state index in [1.807, 2.05) is 6.21 Å². The minimum Gasteiger partial charge on any atom is -0.469 e. The van der Waals surface area contributed by atoms with Gasteiger partial charge in [0.2, 0.25) is 0 Å². The third kappa shape index (κ3) is 1.98. The lowest BCUT2D eigenvalue weighted by atomic mass is 9.95. The second kappa shape index (κ2) is 4.44. The van der Waals surface area contributed by atoms with Gasteiger partial charge in [0.25, 0.3) is 5.91 Å². The molecular weight excluding hydrogens is 228 g/mol. The molecule has 0 aliphatic heterocycles. The van der Waals surface area contributed by atoms with Crippen molar-refractivity contribution in [3.8, 4) is 0 Å². The zero-order valence-electron chi connectivity index (χ0n) is 10.3. The van der Waals surface area contributed by atoms with Crippen LogP contribution in [-0.4, -0.2) is 12.1 Å². The van der Waals surface area contributed by atoms with Gasteiger partial charge >= 0.3 is 0 Å². The van der Waals surface area contributed by atoms with Crippen molar-refractivity contribution in [1.29, 1.82) is 0 Å². The molecule has 0 radical (unpaired) electrons. The first kappa shape index (κ1) is 11.3. The molecule has 1 heterocycles. The number of carbonyl (C=O) groups excluding carboxylic acids is 1. The van der Waals surface area contributed by atoms with Crippen molar-refractivity contribution in [3.05, 3.63) is 35.8 Å². The Morgan fingerprint density at radius 3 is 3.00 bits per heavy atom. The quantitative estimate of drug-likeness (QED) is 0.504. The van der Waals surface area contributed by atoms with E-state index < -0.39 is 0 Å². The molecule has 1 saturated carbocycles. The van der Waals surface area contributed by atoms with Crippen LogP contribution >= 0.6 is 0 Å². The predicted octanol–water partition coefficient (Wildman–Crippen LogP) is 2.52. The number of rotatable bonds is 3. The lowest BCUT2D eigenvalue weighted by Crippen LogP contribution is -2.19. The number of furan rings is 1. The summed E-state index contributed by atoms with van der Waals surface area (Å²) in [4.78, 5) is 11.8. The van der Waals surface area contributed by atoms with Crippen LogP contribution in [-0.2, 0) is 0 Å². The summed E-state index contributed by atoms with van der Waals surface area (Å²) in [6.45, 7) is 1.76. The highest BCUT2D eigenvalue weighted by atomic mass is 16.3. The highest BCUT2D eigenvalue weighted by Gasteiger charge is 2.34. The van der Waals surface area contributed by atoms with Crippen molar-refractivity contribution in [2.75, 3.05) is 0 Å². The van der Waals surface area contributed by atoms with E-state index in [2.05, 4.69) is 22.7 Å². The van der Waals surface area contributed by atoms with Crippen molar-refractivity contribution < 1.29 is 9.21 Å². The van der Waals surface area contributed by atoms with Gasteiger partial charge in [0, 0.05) is 12.1 Å². The molecule has 1 N–H and O–H groups in total. The molecule has 4 heteroatoms. The van der Waals surface area contributed by atoms with Crippen LogP contribution < -0.4 is 5.43 Å². The Labute approximate surface area is 106 Å². The van der Waals surface area contributed by atoms with Gasteiger partial charge in [0.15, 0.2) is 0 Å². The fourth-order valence-electron chi connectivity index (χ4n) is 2.87. The highest BCUT2D eigenvalue weighted by molar-refractivity contribution is 5.95. The maximum absolute atomic E-state index is 11.8. The summed E-state index contributed by atoms with van der Waals surface area (Å²) in [6.07, 6.45) is 10.3. The maximum atomic E-state index is 11.8. The molecule has 1 aromatic rings. The van der Waals surface area contributed by atoms with Crippen molar-refractivity contribution in [3.63, 3.8) is 0 Å². The molecule has 4 nitrogen and oxygen atoms in total. The standard InChI is InChI=1S/C14H16N2O2/c1-9-13(4-5-18-9)14(17)16-15-8-12-7-10-2-3-11(12)6-10/h2-5,8,10-12H,6-7H2,1H3,(H,16,17)/b15-8+. The minimum absolute atomic E-state index is 0.212. The first-order valence-corrected chi connectivity index (χ1v) is 6.30. The summed E-state index contributed by atoms with van der Waals surface area (Å²) in [6, 6.07) is 1.65. The molecule has 2 aliphatic carbocycles. The first-order chi connectivity index (χ1) is 8.74. The topological polar surface area (TPSA) is 54.6 Å². The predicted molar refractivity (Wildman–Crippen MR) is 68.2 cm³/mol. The number of amides is 1. The van der Waals surface area contributed by atoms with E-state index in [-0.39, 0.29) is 5.91 Å². The Kier molecular flexibility index (Phi) is 2.78.